The number of nitriles is 4. The van der Waals surface area contributed by atoms with Crippen molar-refractivity contribution >= 4 is 97.0 Å². The fourth-order valence-corrected chi connectivity index (χ4v) is 10.1. The summed E-state index contributed by atoms with van der Waals surface area (Å²) < 4.78 is 0. The molecule has 0 heterocycles. The van der Waals surface area contributed by atoms with Gasteiger partial charge in [0, 0.05) is 0 Å². The lowest BCUT2D eigenvalue weighted by atomic mass is 9.84. The Kier molecular flexibility index (Phi) is 6.30. The Morgan fingerprint density at radius 1 is 0.259 bits per heavy atom. The molecular formula is C54H24N4. The quantitative estimate of drug-likeness (QED) is 0.166. The van der Waals surface area contributed by atoms with E-state index in [0.717, 1.165) is 103 Å². The fraction of sp³-hybridized carbons (Fsp3) is 0. The first-order chi connectivity index (χ1) is 28.6. The topological polar surface area (TPSA) is 95.2 Å². The van der Waals surface area contributed by atoms with Crippen molar-refractivity contribution in [3.8, 4) is 46.5 Å². The van der Waals surface area contributed by atoms with E-state index in [-0.39, 0.29) is 0 Å². The molecule has 260 valence electrons. The Bertz CT molecular complexity index is 3950. The summed E-state index contributed by atoms with van der Waals surface area (Å²) in [5.74, 6) is 0. The molecule has 12 rings (SSSR count). The summed E-state index contributed by atoms with van der Waals surface area (Å²) >= 11 is 0. The van der Waals surface area contributed by atoms with Crippen molar-refractivity contribution in [1.29, 1.82) is 21.0 Å². The van der Waals surface area contributed by atoms with Gasteiger partial charge in [-0.05, 0) is 180 Å². The molecule has 0 saturated carbocycles. The highest BCUT2D eigenvalue weighted by Gasteiger charge is 2.27. The third-order valence-electron chi connectivity index (χ3n) is 12.3. The molecule has 0 aromatic heterocycles. The molecule has 4 heteroatoms. The van der Waals surface area contributed by atoms with Crippen molar-refractivity contribution in [2.24, 2.45) is 0 Å². The van der Waals surface area contributed by atoms with Crippen LogP contribution in [0.15, 0.2) is 146 Å². The van der Waals surface area contributed by atoms with Crippen molar-refractivity contribution in [2.45, 2.75) is 0 Å². The monoisotopic (exact) mass is 728 g/mol. The van der Waals surface area contributed by atoms with Gasteiger partial charge in [0.25, 0.3) is 0 Å². The Labute approximate surface area is 331 Å². The Hall–Kier alpha value is -8.54. The van der Waals surface area contributed by atoms with Gasteiger partial charge in [0.2, 0.25) is 0 Å². The van der Waals surface area contributed by atoms with Crippen molar-refractivity contribution in [3.63, 3.8) is 0 Å². The van der Waals surface area contributed by atoms with Crippen LogP contribution in [0.2, 0.25) is 0 Å². The molecule has 0 saturated heterocycles. The summed E-state index contributed by atoms with van der Waals surface area (Å²) in [4.78, 5) is 0. The molecule has 0 aliphatic carbocycles. The van der Waals surface area contributed by atoms with E-state index >= 15 is 0 Å². The highest BCUT2D eigenvalue weighted by molar-refractivity contribution is 6.44. The van der Waals surface area contributed by atoms with Crippen molar-refractivity contribution in [3.05, 3.63) is 168 Å². The molecule has 12 aromatic carbocycles. The fourth-order valence-electron chi connectivity index (χ4n) is 10.1. The maximum Gasteiger partial charge on any atom is 0.0992 e. The summed E-state index contributed by atoms with van der Waals surface area (Å²) in [6.07, 6.45) is 0. The normalized spacial score (nSPS) is 11.7. The van der Waals surface area contributed by atoms with E-state index in [1.807, 2.05) is 24.3 Å². The molecule has 0 amide bonds. The average Bonchev–Trinajstić information content (AvgIpc) is 3.77. The number of hydrogen-bond donors (Lipinski definition) is 0. The highest BCUT2D eigenvalue weighted by atomic mass is 14.3. The number of nitrogens with zero attached hydrogens (tertiary/aromatic N) is 4. The van der Waals surface area contributed by atoms with Crippen LogP contribution in [0.25, 0.3) is 119 Å². The molecule has 0 radical (unpaired) electrons. The van der Waals surface area contributed by atoms with Crippen LogP contribution in [0.1, 0.15) is 22.3 Å². The van der Waals surface area contributed by atoms with Gasteiger partial charge in [-0.25, -0.2) is 0 Å². The largest absolute Gasteiger partial charge is 0.192 e. The van der Waals surface area contributed by atoms with Gasteiger partial charge < -0.3 is 0 Å². The average molecular weight is 729 g/mol. The van der Waals surface area contributed by atoms with Gasteiger partial charge in [-0.2, -0.15) is 21.0 Å². The maximum absolute atomic E-state index is 10.3. The Morgan fingerprint density at radius 3 is 1.14 bits per heavy atom. The van der Waals surface area contributed by atoms with Gasteiger partial charge in [0.05, 0.1) is 46.5 Å². The van der Waals surface area contributed by atoms with E-state index in [1.54, 1.807) is 12.1 Å². The van der Waals surface area contributed by atoms with Gasteiger partial charge in [-0.3, -0.25) is 0 Å². The molecule has 0 aliphatic heterocycles. The first kappa shape index (κ1) is 31.8. The SMILES string of the molecule is N#Cc1cc(C#N)cc(-c2c3cc4c(cc3c(-c3cc(C#N)cc(C#N)c3)c3c5cc6ccccc6c6cccc(c23)c65)c2cccc3c5ccccc5cc4c32)c1. The zero-order valence-electron chi connectivity index (χ0n) is 30.6. The molecule has 0 spiro atoms. The summed E-state index contributed by atoms with van der Waals surface area (Å²) in [5.41, 5.74) is 5.05. The zero-order valence-corrected chi connectivity index (χ0v) is 30.6. The molecule has 0 fully saturated rings. The molecule has 0 unspecified atom stereocenters. The summed E-state index contributed by atoms with van der Waals surface area (Å²) in [6, 6.07) is 59.3. The standard InChI is InChI=1S/C54H24N4/c55-25-29-15-30(26-56)18-35(17-29)49-47-24-44-43(41-13-5-11-39-37-9-3-1-7-33(37)21-45(44)51(39)41)23-46(47)50(36-19-31(27-57)16-32(20-36)28-58)54-48-22-34-8-2-4-10-38(34)40-12-6-14-42(52(40)48)53(49)54/h1-24H. The molecule has 12 aromatic rings. The summed E-state index contributed by atoms with van der Waals surface area (Å²) in [6.45, 7) is 0. The number of rotatable bonds is 2. The van der Waals surface area contributed by atoms with E-state index in [0.29, 0.717) is 22.3 Å². The molecule has 0 bridgehead atoms. The first-order valence-corrected chi connectivity index (χ1v) is 19.1. The van der Waals surface area contributed by atoms with Crippen molar-refractivity contribution < 1.29 is 0 Å². The minimum atomic E-state index is 0.407. The minimum absolute atomic E-state index is 0.407. The van der Waals surface area contributed by atoms with Gasteiger partial charge >= 0.3 is 0 Å². The predicted molar refractivity (Wildman–Crippen MR) is 236 cm³/mol. The van der Waals surface area contributed by atoms with E-state index in [9.17, 15) is 21.0 Å². The second kappa shape index (κ2) is 11.5. The van der Waals surface area contributed by atoms with E-state index in [2.05, 4.69) is 133 Å². The van der Waals surface area contributed by atoms with Crippen molar-refractivity contribution in [2.75, 3.05) is 0 Å². The summed E-state index contributed by atoms with van der Waals surface area (Å²) in [7, 11) is 0. The number of hydrogen-bond acceptors (Lipinski definition) is 4. The summed E-state index contributed by atoms with van der Waals surface area (Å²) in [5, 5.41) is 61.0. The van der Waals surface area contributed by atoms with Crippen LogP contribution in [0.3, 0.4) is 0 Å². The van der Waals surface area contributed by atoms with Crippen LogP contribution >= 0.6 is 0 Å². The molecular weight excluding hydrogens is 705 g/mol. The smallest absolute Gasteiger partial charge is 0.0992 e. The van der Waals surface area contributed by atoms with Crippen LogP contribution in [0.5, 0.6) is 0 Å². The first-order valence-electron chi connectivity index (χ1n) is 19.1. The van der Waals surface area contributed by atoms with Gasteiger partial charge in [0.1, 0.15) is 0 Å². The Balaban J connectivity index is 1.42. The highest BCUT2D eigenvalue weighted by Crippen LogP contribution is 2.54. The van der Waals surface area contributed by atoms with Gasteiger partial charge in [-0.1, -0.05) is 84.9 Å². The second-order valence-electron chi connectivity index (χ2n) is 15.2. The lowest BCUT2D eigenvalue weighted by molar-refractivity contribution is 1.45. The lowest BCUT2D eigenvalue weighted by Crippen LogP contribution is -1.93. The maximum atomic E-state index is 10.3. The second-order valence-corrected chi connectivity index (χ2v) is 15.2. The Morgan fingerprint density at radius 2 is 0.638 bits per heavy atom. The minimum Gasteiger partial charge on any atom is -0.192 e. The van der Waals surface area contributed by atoms with E-state index < -0.39 is 0 Å². The third-order valence-corrected chi connectivity index (χ3v) is 12.3. The van der Waals surface area contributed by atoms with Crippen LogP contribution in [0.4, 0.5) is 0 Å². The lowest BCUT2D eigenvalue weighted by Gasteiger charge is -2.18. The van der Waals surface area contributed by atoms with E-state index in [4.69, 9.17) is 0 Å². The van der Waals surface area contributed by atoms with Crippen LogP contribution in [-0.2, 0) is 0 Å². The molecule has 0 N–H and O–H groups in total. The van der Waals surface area contributed by atoms with Crippen molar-refractivity contribution in [1.82, 2.24) is 0 Å². The van der Waals surface area contributed by atoms with Crippen LogP contribution in [0, 0.1) is 45.3 Å². The van der Waals surface area contributed by atoms with Gasteiger partial charge in [-0.15, -0.1) is 0 Å². The van der Waals surface area contributed by atoms with Crippen LogP contribution < -0.4 is 0 Å². The third kappa shape index (κ3) is 4.13. The zero-order chi connectivity index (χ0) is 38.8. The predicted octanol–water partition coefficient (Wildman–Crippen LogP) is 13.8. The van der Waals surface area contributed by atoms with Gasteiger partial charge in [0.15, 0.2) is 0 Å². The molecule has 58 heavy (non-hydrogen) atoms. The number of benzene rings is 10. The molecule has 0 aliphatic rings. The molecule has 0 atom stereocenters. The van der Waals surface area contributed by atoms with E-state index in [1.165, 1.54) is 16.2 Å². The molecule has 4 nitrogen and oxygen atoms in total. The van der Waals surface area contributed by atoms with Crippen LogP contribution in [-0.4, -0.2) is 0 Å². The number of fused-ring (bicyclic) bond motifs is 11.